The van der Waals surface area contributed by atoms with Crippen molar-refractivity contribution in [2.75, 3.05) is 0 Å². The fourth-order valence-electron chi connectivity index (χ4n) is 0.793. The Balaban J connectivity index is 2.71. The van der Waals surface area contributed by atoms with Crippen molar-refractivity contribution in [2.45, 2.75) is 13.3 Å². The van der Waals surface area contributed by atoms with Crippen LogP contribution in [-0.4, -0.2) is 0 Å². The van der Waals surface area contributed by atoms with Gasteiger partial charge in [-0.25, -0.2) is 0 Å². The van der Waals surface area contributed by atoms with E-state index >= 15 is 0 Å². The summed E-state index contributed by atoms with van der Waals surface area (Å²) in [7, 11) is 0. The number of rotatable bonds is 1. The first-order valence-corrected chi connectivity index (χ1v) is 3.85. The zero-order valence-corrected chi connectivity index (χ0v) is 7.15. The molecule has 0 aromatic heterocycles. The van der Waals surface area contributed by atoms with Gasteiger partial charge in [-0.1, -0.05) is 29.7 Å². The van der Waals surface area contributed by atoms with E-state index in [4.69, 9.17) is 11.6 Å². The second kappa shape index (κ2) is 4.05. The van der Waals surface area contributed by atoms with E-state index < -0.39 is 0 Å². The summed E-state index contributed by atoms with van der Waals surface area (Å²) >= 11 is 5.71. The number of hydrogen-bond acceptors (Lipinski definition) is 0. The standard InChI is InChI=1S/C10H9Cl/c1-2-3-4-9-5-7-10(11)8-6-9/h5-8H,4H2,1H3. The average molecular weight is 165 g/mol. The Kier molecular flexibility index (Phi) is 3.01. The number of hydrogen-bond donors (Lipinski definition) is 0. The first kappa shape index (κ1) is 8.17. The van der Waals surface area contributed by atoms with Crippen LogP contribution >= 0.6 is 11.6 Å². The van der Waals surface area contributed by atoms with Crippen molar-refractivity contribution in [1.29, 1.82) is 0 Å². The molecular formula is C10H9Cl. The van der Waals surface area contributed by atoms with Crippen LogP contribution in [0.2, 0.25) is 5.02 Å². The second-order valence-electron chi connectivity index (χ2n) is 2.23. The molecule has 0 saturated carbocycles. The summed E-state index contributed by atoms with van der Waals surface area (Å²) in [5.41, 5.74) is 1.21. The molecule has 0 N–H and O–H groups in total. The number of benzene rings is 1. The van der Waals surface area contributed by atoms with E-state index in [-0.39, 0.29) is 0 Å². The van der Waals surface area contributed by atoms with Crippen LogP contribution in [0.25, 0.3) is 0 Å². The fraction of sp³-hybridized carbons (Fsp3) is 0.200. The van der Waals surface area contributed by atoms with Gasteiger partial charge in [0.1, 0.15) is 0 Å². The minimum Gasteiger partial charge on any atom is -0.106 e. The molecule has 1 heteroatoms. The lowest BCUT2D eigenvalue weighted by molar-refractivity contribution is 1.32. The van der Waals surface area contributed by atoms with Gasteiger partial charge in [0.15, 0.2) is 0 Å². The van der Waals surface area contributed by atoms with Gasteiger partial charge in [0.25, 0.3) is 0 Å². The Morgan fingerprint density at radius 2 is 1.91 bits per heavy atom. The summed E-state index contributed by atoms with van der Waals surface area (Å²) in [5.74, 6) is 5.84. The van der Waals surface area contributed by atoms with Gasteiger partial charge in [0.05, 0.1) is 0 Å². The highest BCUT2D eigenvalue weighted by Crippen LogP contribution is 2.09. The van der Waals surface area contributed by atoms with Gasteiger partial charge >= 0.3 is 0 Å². The summed E-state index contributed by atoms with van der Waals surface area (Å²) in [5, 5.41) is 0.776. The maximum absolute atomic E-state index is 5.71. The summed E-state index contributed by atoms with van der Waals surface area (Å²) in [4.78, 5) is 0. The van der Waals surface area contributed by atoms with Gasteiger partial charge < -0.3 is 0 Å². The topological polar surface area (TPSA) is 0 Å². The van der Waals surface area contributed by atoms with Gasteiger partial charge in [0.2, 0.25) is 0 Å². The molecule has 0 bridgehead atoms. The summed E-state index contributed by atoms with van der Waals surface area (Å²) in [6.45, 7) is 1.84. The minimum absolute atomic E-state index is 0.776. The van der Waals surface area contributed by atoms with Crippen LogP contribution in [0.4, 0.5) is 0 Å². The molecule has 0 aliphatic heterocycles. The van der Waals surface area contributed by atoms with Crippen molar-refractivity contribution >= 4 is 11.6 Å². The minimum atomic E-state index is 0.776. The van der Waals surface area contributed by atoms with Gasteiger partial charge in [-0.15, -0.1) is 5.92 Å². The van der Waals surface area contributed by atoms with Crippen molar-refractivity contribution in [3.63, 3.8) is 0 Å². The Hall–Kier alpha value is -0.930. The molecule has 0 spiro atoms. The quantitative estimate of drug-likeness (QED) is 0.560. The highest BCUT2D eigenvalue weighted by Gasteiger charge is 1.88. The predicted molar refractivity (Wildman–Crippen MR) is 48.6 cm³/mol. The van der Waals surface area contributed by atoms with Gasteiger partial charge in [0, 0.05) is 11.4 Å². The van der Waals surface area contributed by atoms with Crippen LogP contribution in [0.15, 0.2) is 24.3 Å². The van der Waals surface area contributed by atoms with Crippen molar-refractivity contribution in [3.8, 4) is 11.8 Å². The summed E-state index contributed by atoms with van der Waals surface area (Å²) < 4.78 is 0. The first-order valence-electron chi connectivity index (χ1n) is 3.47. The molecule has 0 heterocycles. The SMILES string of the molecule is CC#CCc1ccc(Cl)cc1. The van der Waals surface area contributed by atoms with Crippen molar-refractivity contribution in [3.05, 3.63) is 34.9 Å². The van der Waals surface area contributed by atoms with E-state index in [9.17, 15) is 0 Å². The summed E-state index contributed by atoms with van der Waals surface area (Å²) in [6, 6.07) is 7.75. The third kappa shape index (κ3) is 2.65. The molecule has 1 aromatic rings. The molecule has 1 rings (SSSR count). The molecule has 0 nitrogen and oxygen atoms in total. The molecule has 0 aliphatic carbocycles. The maximum Gasteiger partial charge on any atom is 0.0406 e. The van der Waals surface area contributed by atoms with Crippen LogP contribution in [0.1, 0.15) is 12.5 Å². The molecule has 56 valence electrons. The van der Waals surface area contributed by atoms with E-state index in [0.29, 0.717) is 0 Å². The van der Waals surface area contributed by atoms with Crippen molar-refractivity contribution < 1.29 is 0 Å². The van der Waals surface area contributed by atoms with Crippen LogP contribution < -0.4 is 0 Å². The second-order valence-corrected chi connectivity index (χ2v) is 2.67. The third-order valence-electron chi connectivity index (χ3n) is 1.38. The Morgan fingerprint density at radius 1 is 1.27 bits per heavy atom. The highest BCUT2D eigenvalue weighted by atomic mass is 35.5. The molecule has 0 fully saturated rings. The molecule has 0 atom stereocenters. The molecule has 11 heavy (non-hydrogen) atoms. The predicted octanol–water partition coefficient (Wildman–Crippen LogP) is 2.91. The number of halogens is 1. The van der Waals surface area contributed by atoms with Crippen LogP contribution in [-0.2, 0) is 6.42 Å². The molecule has 0 aliphatic rings. The highest BCUT2D eigenvalue weighted by molar-refractivity contribution is 6.30. The Labute approximate surface area is 72.2 Å². The molecule has 1 aromatic carbocycles. The molecule has 0 unspecified atom stereocenters. The zero-order valence-electron chi connectivity index (χ0n) is 6.39. The van der Waals surface area contributed by atoms with E-state index in [1.807, 2.05) is 31.2 Å². The van der Waals surface area contributed by atoms with E-state index in [1.165, 1.54) is 5.56 Å². The fourth-order valence-corrected chi connectivity index (χ4v) is 0.919. The molecular weight excluding hydrogens is 156 g/mol. The van der Waals surface area contributed by atoms with Gasteiger partial charge in [-0.3, -0.25) is 0 Å². The Bertz CT molecular complexity index is 274. The van der Waals surface area contributed by atoms with Crippen molar-refractivity contribution in [1.82, 2.24) is 0 Å². The lowest BCUT2D eigenvalue weighted by Crippen LogP contribution is -1.78. The molecule has 0 amide bonds. The normalized spacial score (nSPS) is 8.55. The van der Waals surface area contributed by atoms with Crippen LogP contribution in [0.5, 0.6) is 0 Å². The first-order chi connectivity index (χ1) is 5.33. The van der Waals surface area contributed by atoms with E-state index in [2.05, 4.69) is 11.8 Å². The van der Waals surface area contributed by atoms with Crippen molar-refractivity contribution in [2.24, 2.45) is 0 Å². The monoisotopic (exact) mass is 164 g/mol. The van der Waals surface area contributed by atoms with E-state index in [1.54, 1.807) is 0 Å². The summed E-state index contributed by atoms with van der Waals surface area (Å²) in [6.07, 6.45) is 0.813. The van der Waals surface area contributed by atoms with Gasteiger partial charge in [-0.05, 0) is 24.6 Å². The lowest BCUT2D eigenvalue weighted by Gasteiger charge is -1.93. The van der Waals surface area contributed by atoms with Crippen LogP contribution in [0, 0.1) is 11.8 Å². The maximum atomic E-state index is 5.71. The van der Waals surface area contributed by atoms with E-state index in [0.717, 1.165) is 11.4 Å². The van der Waals surface area contributed by atoms with Crippen LogP contribution in [0.3, 0.4) is 0 Å². The average Bonchev–Trinajstić information content (AvgIpc) is 2.04. The Morgan fingerprint density at radius 3 is 2.45 bits per heavy atom. The largest absolute Gasteiger partial charge is 0.106 e. The molecule has 0 radical (unpaired) electrons. The zero-order chi connectivity index (χ0) is 8.10. The van der Waals surface area contributed by atoms with Gasteiger partial charge in [-0.2, -0.15) is 0 Å². The molecule has 0 saturated heterocycles. The smallest absolute Gasteiger partial charge is 0.0406 e. The third-order valence-corrected chi connectivity index (χ3v) is 1.63. The lowest BCUT2D eigenvalue weighted by atomic mass is 10.2.